The number of rotatable bonds is 4. The van der Waals surface area contributed by atoms with Crippen LogP contribution in [-0.2, 0) is 21.2 Å². The van der Waals surface area contributed by atoms with Gasteiger partial charge in [-0.1, -0.05) is 12.2 Å². The lowest BCUT2D eigenvalue weighted by Gasteiger charge is -2.31. The van der Waals surface area contributed by atoms with Crippen LogP contribution in [0.25, 0.3) is 0 Å². The van der Waals surface area contributed by atoms with E-state index in [-0.39, 0.29) is 29.4 Å². The molecule has 0 N–H and O–H groups in total. The SMILES string of the molecule is O=C([C@@H]1CC=CCC1)N(Cc1ccco1)[C@H]1CCS(=O)(=O)C1. The monoisotopic (exact) mass is 323 g/mol. The largest absolute Gasteiger partial charge is 0.467 e. The number of carbonyl (C=O) groups is 1. The molecule has 22 heavy (non-hydrogen) atoms. The summed E-state index contributed by atoms with van der Waals surface area (Å²) in [4.78, 5) is 14.6. The van der Waals surface area contributed by atoms with Crippen molar-refractivity contribution in [3.05, 3.63) is 36.3 Å². The fourth-order valence-corrected chi connectivity index (χ4v) is 4.96. The Balaban J connectivity index is 1.79. The van der Waals surface area contributed by atoms with Crippen LogP contribution in [0.15, 0.2) is 35.0 Å². The van der Waals surface area contributed by atoms with Gasteiger partial charge in [-0.2, -0.15) is 0 Å². The molecule has 1 fully saturated rings. The van der Waals surface area contributed by atoms with Gasteiger partial charge in [0.05, 0.1) is 24.3 Å². The second kappa shape index (κ2) is 6.28. The Labute approximate surface area is 130 Å². The third-order valence-corrected chi connectivity index (χ3v) is 6.21. The van der Waals surface area contributed by atoms with Crippen molar-refractivity contribution < 1.29 is 17.6 Å². The van der Waals surface area contributed by atoms with Crippen molar-refractivity contribution in [2.75, 3.05) is 11.5 Å². The molecule has 0 unspecified atom stereocenters. The number of furan rings is 1. The summed E-state index contributed by atoms with van der Waals surface area (Å²) < 4.78 is 28.9. The second-order valence-corrected chi connectivity index (χ2v) is 8.31. The highest BCUT2D eigenvalue weighted by Crippen LogP contribution is 2.26. The molecule has 0 bridgehead atoms. The summed E-state index contributed by atoms with van der Waals surface area (Å²) in [6.45, 7) is 0.353. The Morgan fingerprint density at radius 3 is 2.77 bits per heavy atom. The van der Waals surface area contributed by atoms with E-state index < -0.39 is 9.84 Å². The average Bonchev–Trinajstić information content (AvgIpc) is 3.14. The lowest BCUT2D eigenvalue weighted by Crippen LogP contribution is -2.44. The topological polar surface area (TPSA) is 67.6 Å². The lowest BCUT2D eigenvalue weighted by atomic mass is 9.92. The van der Waals surface area contributed by atoms with Gasteiger partial charge < -0.3 is 9.32 Å². The zero-order chi connectivity index (χ0) is 15.6. The first-order chi connectivity index (χ1) is 10.6. The van der Waals surface area contributed by atoms with Crippen molar-refractivity contribution in [1.82, 2.24) is 4.90 Å². The molecule has 6 heteroatoms. The molecule has 2 heterocycles. The quantitative estimate of drug-likeness (QED) is 0.796. The van der Waals surface area contributed by atoms with Crippen LogP contribution in [0.5, 0.6) is 0 Å². The van der Waals surface area contributed by atoms with Gasteiger partial charge in [-0.3, -0.25) is 4.79 Å². The number of sulfone groups is 1. The number of hydrogen-bond donors (Lipinski definition) is 0. The van der Waals surface area contributed by atoms with Crippen LogP contribution >= 0.6 is 0 Å². The Bertz CT molecular complexity index is 648. The molecule has 1 aromatic rings. The van der Waals surface area contributed by atoms with E-state index in [1.807, 2.05) is 12.1 Å². The summed E-state index contributed by atoms with van der Waals surface area (Å²) in [6.07, 6.45) is 8.73. The minimum absolute atomic E-state index is 0.0386. The average molecular weight is 323 g/mol. The maximum Gasteiger partial charge on any atom is 0.226 e. The summed E-state index contributed by atoms with van der Waals surface area (Å²) in [7, 11) is -3.02. The second-order valence-electron chi connectivity index (χ2n) is 6.08. The number of carbonyl (C=O) groups excluding carboxylic acids is 1. The summed E-state index contributed by atoms with van der Waals surface area (Å²) in [6, 6.07) is 3.38. The Hall–Kier alpha value is -1.56. The molecule has 0 radical (unpaired) electrons. The highest BCUT2D eigenvalue weighted by atomic mass is 32.2. The van der Waals surface area contributed by atoms with Crippen molar-refractivity contribution >= 4 is 15.7 Å². The third kappa shape index (κ3) is 3.43. The smallest absolute Gasteiger partial charge is 0.226 e. The van der Waals surface area contributed by atoms with Gasteiger partial charge in [-0.25, -0.2) is 8.42 Å². The van der Waals surface area contributed by atoms with Gasteiger partial charge in [-0.15, -0.1) is 0 Å². The molecule has 0 aromatic carbocycles. The van der Waals surface area contributed by atoms with Crippen LogP contribution in [0.2, 0.25) is 0 Å². The molecule has 1 aliphatic heterocycles. The maximum absolute atomic E-state index is 12.9. The van der Waals surface area contributed by atoms with Gasteiger partial charge in [0, 0.05) is 12.0 Å². The van der Waals surface area contributed by atoms with E-state index in [4.69, 9.17) is 4.42 Å². The first kappa shape index (κ1) is 15.3. The summed E-state index contributed by atoms with van der Waals surface area (Å²) in [5.41, 5.74) is 0. The van der Waals surface area contributed by atoms with E-state index >= 15 is 0 Å². The fraction of sp³-hybridized carbons (Fsp3) is 0.562. The van der Waals surface area contributed by atoms with Crippen LogP contribution in [0, 0.1) is 5.92 Å². The van der Waals surface area contributed by atoms with Crippen LogP contribution in [0.3, 0.4) is 0 Å². The van der Waals surface area contributed by atoms with E-state index in [0.717, 1.165) is 19.3 Å². The molecular weight excluding hydrogens is 302 g/mol. The van der Waals surface area contributed by atoms with Gasteiger partial charge in [0.2, 0.25) is 5.91 Å². The number of allylic oxidation sites excluding steroid dienone is 2. The van der Waals surface area contributed by atoms with Gasteiger partial charge in [0.1, 0.15) is 5.76 Å². The Morgan fingerprint density at radius 1 is 1.32 bits per heavy atom. The van der Waals surface area contributed by atoms with Crippen molar-refractivity contribution in [3.63, 3.8) is 0 Å². The molecule has 2 aliphatic rings. The summed E-state index contributed by atoms with van der Waals surface area (Å²) in [5, 5.41) is 0. The van der Waals surface area contributed by atoms with Gasteiger partial charge >= 0.3 is 0 Å². The number of hydrogen-bond acceptors (Lipinski definition) is 4. The molecule has 1 saturated heterocycles. The minimum atomic E-state index is -3.02. The normalized spacial score (nSPS) is 26.9. The molecule has 1 aromatic heterocycles. The molecule has 120 valence electrons. The predicted octanol–water partition coefficient (Wildman–Crippen LogP) is 2.15. The van der Waals surface area contributed by atoms with Crippen molar-refractivity contribution in [3.8, 4) is 0 Å². The first-order valence-corrected chi connectivity index (χ1v) is 9.55. The van der Waals surface area contributed by atoms with Crippen LogP contribution in [0.4, 0.5) is 0 Å². The molecule has 3 rings (SSSR count). The number of nitrogens with zero attached hydrogens (tertiary/aromatic N) is 1. The molecular formula is C16H21NO4S. The highest BCUT2D eigenvalue weighted by Gasteiger charge is 2.37. The van der Waals surface area contributed by atoms with E-state index in [1.54, 1.807) is 17.2 Å². The van der Waals surface area contributed by atoms with Crippen molar-refractivity contribution in [2.45, 2.75) is 38.3 Å². The molecule has 1 aliphatic carbocycles. The van der Waals surface area contributed by atoms with Crippen LogP contribution in [0.1, 0.15) is 31.4 Å². The zero-order valence-electron chi connectivity index (χ0n) is 12.5. The molecule has 0 spiro atoms. The zero-order valence-corrected chi connectivity index (χ0v) is 13.3. The van der Waals surface area contributed by atoms with Crippen LogP contribution < -0.4 is 0 Å². The first-order valence-electron chi connectivity index (χ1n) is 7.73. The Kier molecular flexibility index (Phi) is 4.38. The lowest BCUT2D eigenvalue weighted by molar-refractivity contribution is -0.138. The van der Waals surface area contributed by atoms with E-state index in [0.29, 0.717) is 18.7 Å². The van der Waals surface area contributed by atoms with Gasteiger partial charge in [0.15, 0.2) is 9.84 Å². The van der Waals surface area contributed by atoms with Gasteiger partial charge in [0.25, 0.3) is 0 Å². The fourth-order valence-electron chi connectivity index (χ4n) is 3.23. The minimum Gasteiger partial charge on any atom is -0.467 e. The molecule has 5 nitrogen and oxygen atoms in total. The van der Waals surface area contributed by atoms with Crippen molar-refractivity contribution in [2.24, 2.45) is 5.92 Å². The van der Waals surface area contributed by atoms with E-state index in [9.17, 15) is 13.2 Å². The van der Waals surface area contributed by atoms with E-state index in [2.05, 4.69) is 6.08 Å². The maximum atomic E-state index is 12.9. The standard InChI is InChI=1S/C16H21NO4S/c18-16(13-5-2-1-3-6-13)17(11-15-7-4-9-21-15)14-8-10-22(19,20)12-14/h1-2,4,7,9,13-14H,3,5-6,8,10-12H2/t13-,14+/m1/s1. The molecule has 2 atom stereocenters. The van der Waals surface area contributed by atoms with Crippen molar-refractivity contribution in [1.29, 1.82) is 0 Å². The Morgan fingerprint density at radius 2 is 2.18 bits per heavy atom. The third-order valence-electron chi connectivity index (χ3n) is 4.46. The molecule has 1 amide bonds. The number of amides is 1. The highest BCUT2D eigenvalue weighted by molar-refractivity contribution is 7.91. The molecule has 0 saturated carbocycles. The van der Waals surface area contributed by atoms with Gasteiger partial charge in [-0.05, 0) is 37.8 Å². The van der Waals surface area contributed by atoms with E-state index in [1.165, 1.54) is 0 Å². The summed E-state index contributed by atoms with van der Waals surface area (Å²) >= 11 is 0. The van der Waals surface area contributed by atoms with Crippen LogP contribution in [-0.4, -0.2) is 36.8 Å². The predicted molar refractivity (Wildman–Crippen MR) is 82.8 cm³/mol. The summed E-state index contributed by atoms with van der Waals surface area (Å²) in [5.74, 6) is 0.960.